The van der Waals surface area contributed by atoms with E-state index in [-0.39, 0.29) is 5.54 Å². The number of rotatable bonds is 5. The van der Waals surface area contributed by atoms with Crippen molar-refractivity contribution in [2.45, 2.75) is 70.9 Å². The highest BCUT2D eigenvalue weighted by Crippen LogP contribution is 2.37. The molecule has 2 rings (SSSR count). The van der Waals surface area contributed by atoms with E-state index in [4.69, 9.17) is 4.74 Å². The van der Waals surface area contributed by atoms with Crippen LogP contribution in [0.15, 0.2) is 0 Å². The molecule has 2 fully saturated rings. The summed E-state index contributed by atoms with van der Waals surface area (Å²) in [6.07, 6.45) is 8.71. The Morgan fingerprint density at radius 1 is 1.20 bits per heavy atom. The summed E-state index contributed by atoms with van der Waals surface area (Å²) in [7, 11) is 1.85. The van der Waals surface area contributed by atoms with Crippen LogP contribution in [0.4, 0.5) is 0 Å². The third kappa shape index (κ3) is 4.71. The van der Waals surface area contributed by atoms with Gasteiger partial charge >= 0.3 is 0 Å². The Morgan fingerprint density at radius 3 is 2.45 bits per heavy atom. The molecule has 0 aromatic heterocycles. The first-order valence-electron chi connectivity index (χ1n) is 8.43. The second kappa shape index (κ2) is 6.76. The summed E-state index contributed by atoms with van der Waals surface area (Å²) >= 11 is 0. The SMILES string of the molecule is COC1CCN(CC2(CNC(C)(C)C)CCCCC2)C1. The predicted octanol–water partition coefficient (Wildman–Crippen LogP) is 3.05. The van der Waals surface area contributed by atoms with Gasteiger partial charge in [-0.1, -0.05) is 19.3 Å². The van der Waals surface area contributed by atoms with Crippen molar-refractivity contribution in [3.8, 4) is 0 Å². The largest absolute Gasteiger partial charge is 0.380 e. The number of hydrogen-bond acceptors (Lipinski definition) is 3. The van der Waals surface area contributed by atoms with E-state index in [9.17, 15) is 0 Å². The number of ether oxygens (including phenoxy) is 1. The molecule has 1 heterocycles. The van der Waals surface area contributed by atoms with Gasteiger partial charge < -0.3 is 15.0 Å². The van der Waals surface area contributed by atoms with Crippen LogP contribution in [0.1, 0.15) is 59.3 Å². The van der Waals surface area contributed by atoms with Gasteiger partial charge in [-0.05, 0) is 45.4 Å². The Morgan fingerprint density at radius 2 is 1.90 bits per heavy atom. The van der Waals surface area contributed by atoms with Crippen LogP contribution in [-0.4, -0.2) is 49.8 Å². The number of nitrogens with zero attached hydrogens (tertiary/aromatic N) is 1. The van der Waals surface area contributed by atoms with Crippen LogP contribution in [-0.2, 0) is 4.74 Å². The highest BCUT2D eigenvalue weighted by atomic mass is 16.5. The first-order chi connectivity index (χ1) is 9.42. The fourth-order valence-electron chi connectivity index (χ4n) is 3.75. The van der Waals surface area contributed by atoms with Gasteiger partial charge in [-0.15, -0.1) is 0 Å². The fraction of sp³-hybridized carbons (Fsp3) is 1.00. The van der Waals surface area contributed by atoms with E-state index in [0.29, 0.717) is 11.5 Å². The molecule has 0 aromatic rings. The molecule has 3 nitrogen and oxygen atoms in total. The average Bonchev–Trinajstić information content (AvgIpc) is 2.84. The third-order valence-electron chi connectivity index (χ3n) is 5.03. The minimum Gasteiger partial charge on any atom is -0.380 e. The number of methoxy groups -OCH3 is 1. The summed E-state index contributed by atoms with van der Waals surface area (Å²) < 4.78 is 5.52. The van der Waals surface area contributed by atoms with Crippen LogP contribution in [0.5, 0.6) is 0 Å². The van der Waals surface area contributed by atoms with Gasteiger partial charge in [0.05, 0.1) is 6.10 Å². The van der Waals surface area contributed by atoms with Crippen molar-refractivity contribution in [1.82, 2.24) is 10.2 Å². The summed E-state index contributed by atoms with van der Waals surface area (Å²) in [5.74, 6) is 0. The smallest absolute Gasteiger partial charge is 0.0710 e. The van der Waals surface area contributed by atoms with Crippen molar-refractivity contribution in [2.24, 2.45) is 5.41 Å². The highest BCUT2D eigenvalue weighted by Gasteiger charge is 2.36. The first-order valence-corrected chi connectivity index (χ1v) is 8.43. The van der Waals surface area contributed by atoms with Crippen molar-refractivity contribution < 1.29 is 4.74 Å². The second-order valence-corrected chi connectivity index (χ2v) is 8.05. The lowest BCUT2D eigenvalue weighted by Crippen LogP contribution is -2.49. The van der Waals surface area contributed by atoms with E-state index < -0.39 is 0 Å². The second-order valence-electron chi connectivity index (χ2n) is 8.05. The third-order valence-corrected chi connectivity index (χ3v) is 5.03. The van der Waals surface area contributed by atoms with Crippen molar-refractivity contribution in [1.29, 1.82) is 0 Å². The molecule has 0 bridgehead atoms. The van der Waals surface area contributed by atoms with E-state index in [2.05, 4.69) is 31.0 Å². The Balaban J connectivity index is 1.92. The molecule has 3 heteroatoms. The van der Waals surface area contributed by atoms with Gasteiger partial charge in [-0.3, -0.25) is 0 Å². The molecule has 1 aliphatic carbocycles. The summed E-state index contributed by atoms with van der Waals surface area (Å²) in [5, 5.41) is 3.77. The number of nitrogens with one attached hydrogen (secondary N) is 1. The van der Waals surface area contributed by atoms with Gasteiger partial charge in [0.15, 0.2) is 0 Å². The summed E-state index contributed by atoms with van der Waals surface area (Å²) in [5.41, 5.74) is 0.721. The van der Waals surface area contributed by atoms with Crippen LogP contribution in [0, 0.1) is 5.41 Å². The Bertz CT molecular complexity index is 292. The number of likely N-dealkylation sites (tertiary alicyclic amines) is 1. The molecule has 0 aromatic carbocycles. The molecular formula is C17H34N2O. The Kier molecular flexibility index (Phi) is 5.49. The molecule has 1 aliphatic heterocycles. The van der Waals surface area contributed by atoms with Crippen LogP contribution >= 0.6 is 0 Å². The molecule has 1 N–H and O–H groups in total. The normalized spacial score (nSPS) is 27.9. The molecule has 118 valence electrons. The summed E-state index contributed by atoms with van der Waals surface area (Å²) in [6.45, 7) is 11.6. The average molecular weight is 282 g/mol. The molecule has 1 saturated carbocycles. The van der Waals surface area contributed by atoms with Crippen molar-refractivity contribution in [2.75, 3.05) is 33.3 Å². The molecule has 1 unspecified atom stereocenters. The van der Waals surface area contributed by atoms with Gasteiger partial charge in [0.25, 0.3) is 0 Å². The maximum absolute atomic E-state index is 5.52. The maximum Gasteiger partial charge on any atom is 0.0710 e. The molecule has 2 aliphatic rings. The van der Waals surface area contributed by atoms with Crippen LogP contribution in [0.2, 0.25) is 0 Å². The van der Waals surface area contributed by atoms with E-state index in [1.807, 2.05) is 7.11 Å². The monoisotopic (exact) mass is 282 g/mol. The zero-order valence-corrected chi connectivity index (χ0v) is 14.0. The van der Waals surface area contributed by atoms with Gasteiger partial charge in [0.1, 0.15) is 0 Å². The highest BCUT2D eigenvalue weighted by molar-refractivity contribution is 4.91. The molecule has 0 radical (unpaired) electrons. The summed E-state index contributed by atoms with van der Waals surface area (Å²) in [4.78, 5) is 2.64. The van der Waals surface area contributed by atoms with Gasteiger partial charge in [0, 0.05) is 38.8 Å². The molecule has 0 spiro atoms. The molecule has 1 saturated heterocycles. The van der Waals surface area contributed by atoms with E-state index >= 15 is 0 Å². The van der Waals surface area contributed by atoms with Gasteiger partial charge in [-0.25, -0.2) is 0 Å². The lowest BCUT2D eigenvalue weighted by Gasteiger charge is -2.42. The minimum atomic E-state index is 0.227. The molecule has 0 amide bonds. The van der Waals surface area contributed by atoms with Crippen LogP contribution in [0.3, 0.4) is 0 Å². The predicted molar refractivity (Wildman–Crippen MR) is 85.1 cm³/mol. The Labute approximate surface area is 125 Å². The van der Waals surface area contributed by atoms with Gasteiger partial charge in [0.2, 0.25) is 0 Å². The lowest BCUT2D eigenvalue weighted by atomic mass is 9.73. The quantitative estimate of drug-likeness (QED) is 0.839. The van der Waals surface area contributed by atoms with E-state index in [1.54, 1.807) is 0 Å². The van der Waals surface area contributed by atoms with E-state index in [1.165, 1.54) is 58.2 Å². The minimum absolute atomic E-state index is 0.227. The van der Waals surface area contributed by atoms with Crippen LogP contribution in [0.25, 0.3) is 0 Å². The first kappa shape index (κ1) is 16.3. The van der Waals surface area contributed by atoms with Crippen molar-refractivity contribution in [3.63, 3.8) is 0 Å². The molecule has 20 heavy (non-hydrogen) atoms. The Hall–Kier alpha value is -0.120. The van der Waals surface area contributed by atoms with Crippen LogP contribution < -0.4 is 5.32 Å². The van der Waals surface area contributed by atoms with Crippen molar-refractivity contribution >= 4 is 0 Å². The van der Waals surface area contributed by atoms with Gasteiger partial charge in [-0.2, -0.15) is 0 Å². The maximum atomic E-state index is 5.52. The van der Waals surface area contributed by atoms with E-state index in [0.717, 1.165) is 6.54 Å². The topological polar surface area (TPSA) is 24.5 Å². The summed E-state index contributed by atoms with van der Waals surface area (Å²) in [6, 6.07) is 0. The standard InChI is InChI=1S/C17H34N2O/c1-16(2,3)18-13-17(9-6-5-7-10-17)14-19-11-8-15(12-19)20-4/h15,18H,5-14H2,1-4H3. The number of hydrogen-bond donors (Lipinski definition) is 1. The lowest BCUT2D eigenvalue weighted by molar-refractivity contribution is 0.0802. The van der Waals surface area contributed by atoms with Crippen molar-refractivity contribution in [3.05, 3.63) is 0 Å². The zero-order valence-electron chi connectivity index (χ0n) is 14.0. The fourth-order valence-corrected chi connectivity index (χ4v) is 3.75. The zero-order chi connectivity index (χ0) is 14.6. The molecular weight excluding hydrogens is 248 g/mol. The molecule has 1 atom stereocenters.